The Balaban J connectivity index is 1.57. The van der Waals surface area contributed by atoms with Crippen LogP contribution in [0.2, 0.25) is 0 Å². The third-order valence-electron chi connectivity index (χ3n) is 9.89. The molecule has 5 rings (SSSR count). The Hall–Kier alpha value is -4.16. The van der Waals surface area contributed by atoms with Gasteiger partial charge in [-0.1, -0.05) is 80.6 Å². The van der Waals surface area contributed by atoms with Crippen LogP contribution in [0.4, 0.5) is 11.4 Å². The number of nitrogens with zero attached hydrogens (tertiary/aromatic N) is 2. The number of unbranched alkanes of at least 4 members (excludes halogenated alkanes) is 2. The van der Waals surface area contributed by atoms with Crippen molar-refractivity contribution in [2.75, 3.05) is 29.5 Å². The third kappa shape index (κ3) is 8.84. The van der Waals surface area contributed by atoms with Crippen molar-refractivity contribution in [3.8, 4) is 0 Å². The zero-order valence-corrected chi connectivity index (χ0v) is 31.3. The van der Waals surface area contributed by atoms with Gasteiger partial charge in [-0.3, -0.25) is 13.9 Å². The number of carbonyl (C=O) groups is 1. The fourth-order valence-electron chi connectivity index (χ4n) is 7.21. The molecule has 2 aliphatic heterocycles. The SMILES string of the molecule is CC1(C)C(/C=C/C(=C/C=C2/N(CCCCS(=O)(=O)O)c3ccccc3C2(C)C)c2ccc(C=O)cc2)=[N+](CCCCS(=O)(=O)O)c2ccccc21. The van der Waals surface area contributed by atoms with Crippen molar-refractivity contribution >= 4 is 49.2 Å². The number of aldehydes is 1. The first-order valence-corrected chi connectivity index (χ1v) is 20.4. The Morgan fingerprint density at radius 1 is 0.765 bits per heavy atom. The number of carbonyl (C=O) groups excluding carboxylic acids is 1. The Morgan fingerprint density at radius 2 is 1.37 bits per heavy atom. The van der Waals surface area contributed by atoms with Crippen LogP contribution < -0.4 is 4.90 Å². The van der Waals surface area contributed by atoms with Gasteiger partial charge in [-0.15, -0.1) is 0 Å². The van der Waals surface area contributed by atoms with E-state index in [2.05, 4.69) is 85.7 Å². The zero-order valence-electron chi connectivity index (χ0n) is 29.6. The Kier molecular flexibility index (Phi) is 11.4. The van der Waals surface area contributed by atoms with E-state index in [0.717, 1.165) is 51.3 Å². The summed E-state index contributed by atoms with van der Waals surface area (Å²) < 4.78 is 66.3. The van der Waals surface area contributed by atoms with E-state index >= 15 is 0 Å². The molecule has 51 heavy (non-hydrogen) atoms. The molecule has 0 spiro atoms. The van der Waals surface area contributed by atoms with Gasteiger partial charge < -0.3 is 4.90 Å². The highest BCUT2D eigenvalue weighted by Gasteiger charge is 2.44. The van der Waals surface area contributed by atoms with Crippen LogP contribution in [0.3, 0.4) is 0 Å². The molecule has 0 unspecified atom stereocenters. The minimum atomic E-state index is -4.04. The third-order valence-corrected chi connectivity index (χ3v) is 11.5. The van der Waals surface area contributed by atoms with E-state index in [-0.39, 0.29) is 22.3 Å². The molecule has 0 radical (unpaired) electrons. The summed E-state index contributed by atoms with van der Waals surface area (Å²) in [5, 5.41) is 0. The highest BCUT2D eigenvalue weighted by molar-refractivity contribution is 7.86. The van der Waals surface area contributed by atoms with Crippen LogP contribution in [0.25, 0.3) is 5.57 Å². The van der Waals surface area contributed by atoms with E-state index in [0.29, 0.717) is 44.3 Å². The summed E-state index contributed by atoms with van der Waals surface area (Å²) in [5.41, 5.74) is 8.24. The van der Waals surface area contributed by atoms with E-state index in [1.54, 1.807) is 12.1 Å². The maximum absolute atomic E-state index is 11.5. The van der Waals surface area contributed by atoms with Gasteiger partial charge in [0.2, 0.25) is 5.69 Å². The van der Waals surface area contributed by atoms with Crippen molar-refractivity contribution < 1.29 is 35.3 Å². The van der Waals surface area contributed by atoms with Crippen molar-refractivity contribution in [2.24, 2.45) is 0 Å². The average molecular weight is 732 g/mol. The second-order valence-electron chi connectivity index (χ2n) is 14.2. The number of hydrogen-bond donors (Lipinski definition) is 2. The summed E-state index contributed by atoms with van der Waals surface area (Å²) in [4.78, 5) is 13.7. The Morgan fingerprint density at radius 3 is 2.02 bits per heavy atom. The standard InChI is InChI=1S/C40H46N2O7S2/c1-39(2)33-13-5-7-15-35(33)41(25-9-11-27-50(44,45)46)37(39)23-21-32(31-19-17-30(29-43)18-20-31)22-24-38-40(3,4)34-14-6-8-16-36(34)42(38)26-10-12-28-51(47,48)49/h5-8,13-24,29H,9-12,25-28H2,1-4H3,(H-,44,45,46,47,48,49)/p+1. The lowest BCUT2D eigenvalue weighted by Gasteiger charge is -2.27. The predicted molar refractivity (Wildman–Crippen MR) is 204 cm³/mol. The molecule has 2 heterocycles. The maximum atomic E-state index is 11.5. The number of anilines is 1. The molecule has 9 nitrogen and oxygen atoms in total. The largest absolute Gasteiger partial charge is 0.344 e. The first-order valence-electron chi connectivity index (χ1n) is 17.2. The molecule has 0 amide bonds. The van der Waals surface area contributed by atoms with Crippen molar-refractivity contribution in [3.63, 3.8) is 0 Å². The van der Waals surface area contributed by atoms with Gasteiger partial charge in [0.25, 0.3) is 20.2 Å². The Labute approximate surface area is 302 Å². The lowest BCUT2D eigenvalue weighted by molar-refractivity contribution is -0.438. The molecule has 0 atom stereocenters. The molecular formula is C40H47N2O7S2+. The first-order chi connectivity index (χ1) is 24.0. The van der Waals surface area contributed by atoms with E-state index in [9.17, 15) is 30.7 Å². The molecule has 3 aromatic carbocycles. The first kappa shape index (κ1) is 38.1. The number of rotatable bonds is 15. The van der Waals surface area contributed by atoms with Gasteiger partial charge in [-0.05, 0) is 68.0 Å². The number of benzene rings is 3. The van der Waals surface area contributed by atoms with Gasteiger partial charge in [-0.25, -0.2) is 0 Å². The molecule has 0 saturated heterocycles. The summed E-state index contributed by atoms with van der Waals surface area (Å²) in [6, 6.07) is 23.8. The second-order valence-corrected chi connectivity index (χ2v) is 17.4. The second kappa shape index (κ2) is 15.2. The lowest BCUT2D eigenvalue weighted by atomic mass is 9.81. The normalized spacial score (nSPS) is 17.7. The predicted octanol–water partition coefficient (Wildman–Crippen LogP) is 7.53. The van der Waals surface area contributed by atoms with Crippen molar-refractivity contribution in [3.05, 3.63) is 125 Å². The molecule has 0 aromatic heterocycles. The Bertz CT molecular complexity index is 2130. The van der Waals surface area contributed by atoms with Gasteiger partial charge in [-0.2, -0.15) is 21.4 Å². The van der Waals surface area contributed by atoms with Crippen LogP contribution in [0.5, 0.6) is 0 Å². The maximum Gasteiger partial charge on any atom is 0.264 e. The summed E-state index contributed by atoms with van der Waals surface area (Å²) in [6.07, 6.45) is 11.0. The molecule has 2 aliphatic rings. The quantitative estimate of drug-likeness (QED) is 0.0539. The number of allylic oxidation sites excluding steroid dienone is 6. The van der Waals surface area contributed by atoms with Gasteiger partial charge in [0.05, 0.1) is 16.9 Å². The molecule has 0 fully saturated rings. The minimum Gasteiger partial charge on any atom is -0.344 e. The van der Waals surface area contributed by atoms with Crippen LogP contribution in [-0.2, 0) is 31.1 Å². The summed E-state index contributed by atoms with van der Waals surface area (Å²) in [6.45, 7) is 9.84. The number of para-hydroxylation sites is 2. The van der Waals surface area contributed by atoms with E-state index in [1.165, 1.54) is 0 Å². The van der Waals surface area contributed by atoms with Crippen LogP contribution in [-0.4, -0.2) is 67.1 Å². The van der Waals surface area contributed by atoms with Crippen LogP contribution in [0, 0.1) is 0 Å². The topological polar surface area (TPSA) is 132 Å². The van der Waals surface area contributed by atoms with Gasteiger partial charge >= 0.3 is 0 Å². The lowest BCUT2D eigenvalue weighted by Crippen LogP contribution is -2.28. The minimum absolute atomic E-state index is 0.285. The number of fused-ring (bicyclic) bond motifs is 2. The van der Waals surface area contributed by atoms with E-state index in [4.69, 9.17) is 0 Å². The van der Waals surface area contributed by atoms with Crippen molar-refractivity contribution in [1.29, 1.82) is 0 Å². The average Bonchev–Trinajstić information content (AvgIpc) is 3.42. The van der Waals surface area contributed by atoms with Crippen molar-refractivity contribution in [2.45, 2.75) is 64.2 Å². The molecular weight excluding hydrogens is 685 g/mol. The summed E-state index contributed by atoms with van der Waals surface area (Å²) >= 11 is 0. The molecule has 0 aliphatic carbocycles. The zero-order chi connectivity index (χ0) is 37.0. The molecule has 2 N–H and O–H groups in total. The highest BCUT2D eigenvalue weighted by Crippen LogP contribution is 2.48. The number of hydrogen-bond acceptors (Lipinski definition) is 6. The molecule has 0 bridgehead atoms. The van der Waals surface area contributed by atoms with E-state index in [1.807, 2.05) is 36.4 Å². The van der Waals surface area contributed by atoms with Crippen LogP contribution in [0.1, 0.15) is 80.4 Å². The fraction of sp³-hybridized carbons (Fsp3) is 0.350. The van der Waals surface area contributed by atoms with E-state index < -0.39 is 20.2 Å². The van der Waals surface area contributed by atoms with Crippen LogP contribution >= 0.6 is 0 Å². The molecule has 11 heteroatoms. The monoisotopic (exact) mass is 731 g/mol. The van der Waals surface area contributed by atoms with Gasteiger partial charge in [0.15, 0.2) is 5.71 Å². The van der Waals surface area contributed by atoms with Gasteiger partial charge in [0.1, 0.15) is 12.8 Å². The van der Waals surface area contributed by atoms with Gasteiger partial charge in [0, 0.05) is 53.0 Å². The summed E-state index contributed by atoms with van der Waals surface area (Å²) in [5.74, 6) is -0.569. The molecule has 0 saturated carbocycles. The fourth-order valence-corrected chi connectivity index (χ4v) is 8.35. The summed E-state index contributed by atoms with van der Waals surface area (Å²) in [7, 11) is -8.08. The molecule has 270 valence electrons. The highest BCUT2D eigenvalue weighted by atomic mass is 32.2. The smallest absolute Gasteiger partial charge is 0.264 e. The van der Waals surface area contributed by atoms with Crippen molar-refractivity contribution in [1.82, 2.24) is 0 Å². The van der Waals surface area contributed by atoms with Crippen LogP contribution in [0.15, 0.2) is 103 Å². The molecule has 3 aromatic rings.